The second-order valence-corrected chi connectivity index (χ2v) is 8.41. The van der Waals surface area contributed by atoms with Crippen LogP contribution in [0.1, 0.15) is 31.9 Å². The lowest BCUT2D eigenvalue weighted by Crippen LogP contribution is -2.11. The molecule has 0 fully saturated rings. The number of benzene rings is 2. The van der Waals surface area contributed by atoms with Crippen LogP contribution >= 0.6 is 45.2 Å². The first-order valence-corrected chi connectivity index (χ1v) is 8.81. The molecule has 0 amide bonds. The average molecular weight is 508 g/mol. The summed E-state index contributed by atoms with van der Waals surface area (Å²) in [6, 6.07) is 9.62. The molecule has 21 heavy (non-hydrogen) atoms. The first-order chi connectivity index (χ1) is 9.68. The third kappa shape index (κ3) is 4.03. The van der Waals surface area contributed by atoms with Crippen LogP contribution in [0.4, 0.5) is 0 Å². The molecule has 4 heteroatoms. The lowest BCUT2D eigenvalue weighted by molar-refractivity contribution is 0.436. The molecule has 0 aliphatic rings. The maximum atomic E-state index is 10.0. The van der Waals surface area contributed by atoms with Crippen LogP contribution in [-0.4, -0.2) is 5.11 Å². The van der Waals surface area contributed by atoms with Crippen LogP contribution in [0.3, 0.4) is 0 Å². The quantitative estimate of drug-likeness (QED) is 0.505. The predicted molar refractivity (Wildman–Crippen MR) is 103 cm³/mol. The first kappa shape index (κ1) is 16.9. The van der Waals surface area contributed by atoms with Crippen molar-refractivity contribution in [3.63, 3.8) is 0 Å². The van der Waals surface area contributed by atoms with E-state index in [0.29, 0.717) is 5.75 Å². The smallest absolute Gasteiger partial charge is 0.154 e. The van der Waals surface area contributed by atoms with Crippen LogP contribution in [0.2, 0.25) is 0 Å². The van der Waals surface area contributed by atoms with E-state index < -0.39 is 0 Å². The van der Waals surface area contributed by atoms with Gasteiger partial charge in [0.15, 0.2) is 5.75 Å². The number of phenolic OH excluding ortho intramolecular Hbond substituents is 1. The van der Waals surface area contributed by atoms with Crippen LogP contribution in [-0.2, 0) is 5.41 Å². The van der Waals surface area contributed by atoms with E-state index in [9.17, 15) is 5.11 Å². The highest BCUT2D eigenvalue weighted by Gasteiger charge is 2.19. The van der Waals surface area contributed by atoms with E-state index in [1.165, 1.54) is 5.56 Å². The first-order valence-electron chi connectivity index (χ1n) is 6.65. The Hall–Kier alpha value is -0.500. The lowest BCUT2D eigenvalue weighted by Gasteiger charge is -2.21. The van der Waals surface area contributed by atoms with Gasteiger partial charge in [-0.15, -0.1) is 0 Å². The second kappa shape index (κ2) is 6.32. The molecule has 0 aliphatic heterocycles. The summed E-state index contributed by atoms with van der Waals surface area (Å²) in [7, 11) is 0. The lowest BCUT2D eigenvalue weighted by atomic mass is 9.86. The number of ether oxygens (including phenoxy) is 1. The third-order valence-electron chi connectivity index (χ3n) is 3.14. The molecule has 0 aromatic heterocycles. The van der Waals surface area contributed by atoms with Crippen LogP contribution < -0.4 is 4.74 Å². The van der Waals surface area contributed by atoms with E-state index in [1.54, 1.807) is 12.1 Å². The molecule has 0 spiro atoms. The summed E-state index contributed by atoms with van der Waals surface area (Å²) < 4.78 is 8.23. The Bertz CT molecular complexity index is 650. The van der Waals surface area contributed by atoms with Gasteiger partial charge in [0.05, 0.1) is 7.14 Å². The van der Waals surface area contributed by atoms with Gasteiger partial charge in [0.2, 0.25) is 0 Å². The second-order valence-electron chi connectivity index (χ2n) is 6.09. The molecule has 0 atom stereocenters. The zero-order chi connectivity index (χ0) is 15.8. The molecular weight excluding hydrogens is 490 g/mol. The number of phenols is 1. The van der Waals surface area contributed by atoms with Crippen molar-refractivity contribution < 1.29 is 9.84 Å². The van der Waals surface area contributed by atoms with Gasteiger partial charge in [-0.2, -0.15) is 0 Å². The van der Waals surface area contributed by atoms with E-state index >= 15 is 0 Å². The summed E-state index contributed by atoms with van der Waals surface area (Å²) in [5, 5.41) is 10.0. The van der Waals surface area contributed by atoms with Gasteiger partial charge in [0, 0.05) is 5.56 Å². The van der Waals surface area contributed by atoms with E-state index in [4.69, 9.17) is 4.74 Å². The van der Waals surface area contributed by atoms with Gasteiger partial charge in [-0.1, -0.05) is 20.8 Å². The summed E-state index contributed by atoms with van der Waals surface area (Å²) >= 11 is 4.58. The number of halogens is 2. The summed E-state index contributed by atoms with van der Waals surface area (Å²) in [4.78, 5) is 0. The molecule has 112 valence electrons. The summed E-state index contributed by atoms with van der Waals surface area (Å²) in [6.07, 6.45) is 0. The number of aryl methyl sites for hydroxylation is 1. The van der Waals surface area contributed by atoms with E-state index in [-0.39, 0.29) is 5.41 Å². The van der Waals surface area contributed by atoms with Crippen molar-refractivity contribution in [3.8, 4) is 17.2 Å². The topological polar surface area (TPSA) is 29.5 Å². The molecule has 2 rings (SSSR count). The molecule has 2 nitrogen and oxygen atoms in total. The SMILES string of the molecule is Cc1cc(I)c(Oc2ccc(O)c(C(C)(C)C)c2)c(I)c1. The molecule has 0 heterocycles. The van der Waals surface area contributed by atoms with Gasteiger partial charge in [-0.3, -0.25) is 0 Å². The maximum absolute atomic E-state index is 10.0. The maximum Gasteiger partial charge on any atom is 0.154 e. The molecule has 1 N–H and O–H groups in total. The highest BCUT2D eigenvalue weighted by Crippen LogP contribution is 2.37. The minimum absolute atomic E-state index is 0.128. The Morgan fingerprint density at radius 1 is 1.00 bits per heavy atom. The number of hydrogen-bond donors (Lipinski definition) is 1. The highest BCUT2D eigenvalue weighted by molar-refractivity contribution is 14.1. The molecule has 0 saturated heterocycles. The zero-order valence-corrected chi connectivity index (χ0v) is 16.8. The van der Waals surface area contributed by atoms with E-state index in [1.807, 2.05) is 6.07 Å². The van der Waals surface area contributed by atoms with Crippen LogP contribution in [0, 0.1) is 14.1 Å². The van der Waals surface area contributed by atoms with Crippen molar-refractivity contribution in [1.82, 2.24) is 0 Å². The number of rotatable bonds is 2. The molecule has 2 aromatic carbocycles. The molecule has 0 radical (unpaired) electrons. The zero-order valence-electron chi connectivity index (χ0n) is 12.5. The highest BCUT2D eigenvalue weighted by atomic mass is 127. The van der Waals surface area contributed by atoms with E-state index in [0.717, 1.165) is 24.2 Å². The largest absolute Gasteiger partial charge is 0.508 e. The van der Waals surface area contributed by atoms with Crippen molar-refractivity contribution in [1.29, 1.82) is 0 Å². The Morgan fingerprint density at radius 3 is 2.10 bits per heavy atom. The van der Waals surface area contributed by atoms with Gasteiger partial charge in [0.25, 0.3) is 0 Å². The Kier molecular flexibility index (Phi) is 5.07. The fourth-order valence-corrected chi connectivity index (χ4v) is 4.38. The summed E-state index contributed by atoms with van der Waals surface area (Å²) in [5.74, 6) is 1.92. The average Bonchev–Trinajstić information content (AvgIpc) is 2.34. The van der Waals surface area contributed by atoms with Gasteiger partial charge >= 0.3 is 0 Å². The Labute approximate surface area is 153 Å². The van der Waals surface area contributed by atoms with Gasteiger partial charge < -0.3 is 9.84 Å². The molecule has 0 aliphatic carbocycles. The molecular formula is C17H18I2O2. The van der Waals surface area contributed by atoms with Gasteiger partial charge in [-0.05, 0) is 93.4 Å². The molecule has 0 saturated carbocycles. The molecule has 0 bridgehead atoms. The summed E-state index contributed by atoms with van der Waals surface area (Å²) in [5.41, 5.74) is 1.98. The third-order valence-corrected chi connectivity index (χ3v) is 4.74. The fourth-order valence-electron chi connectivity index (χ4n) is 2.08. The number of hydrogen-bond acceptors (Lipinski definition) is 2. The van der Waals surface area contributed by atoms with Crippen molar-refractivity contribution in [2.45, 2.75) is 33.1 Å². The normalized spacial score (nSPS) is 11.5. The standard InChI is InChI=1S/C17H18I2O2/c1-10-7-13(18)16(14(19)8-10)21-11-5-6-15(20)12(9-11)17(2,3)4/h5-9,20H,1-4H3. The van der Waals surface area contributed by atoms with Crippen molar-refractivity contribution in [2.75, 3.05) is 0 Å². The molecule has 2 aromatic rings. The van der Waals surface area contributed by atoms with Gasteiger partial charge in [-0.25, -0.2) is 0 Å². The van der Waals surface area contributed by atoms with Crippen LogP contribution in [0.25, 0.3) is 0 Å². The van der Waals surface area contributed by atoms with Gasteiger partial charge in [0.1, 0.15) is 11.5 Å². The fraction of sp³-hybridized carbons (Fsp3) is 0.294. The minimum atomic E-state index is -0.128. The van der Waals surface area contributed by atoms with Crippen molar-refractivity contribution in [2.24, 2.45) is 0 Å². The van der Waals surface area contributed by atoms with Crippen LogP contribution in [0.15, 0.2) is 30.3 Å². The Balaban J connectivity index is 2.42. The number of aromatic hydroxyl groups is 1. The van der Waals surface area contributed by atoms with Crippen LogP contribution in [0.5, 0.6) is 17.2 Å². The Morgan fingerprint density at radius 2 is 1.57 bits per heavy atom. The predicted octanol–water partition coefficient (Wildman–Crippen LogP) is 6.00. The summed E-state index contributed by atoms with van der Waals surface area (Å²) in [6.45, 7) is 8.30. The van der Waals surface area contributed by atoms with Crippen molar-refractivity contribution >= 4 is 45.2 Å². The molecule has 0 unspecified atom stereocenters. The van der Waals surface area contributed by atoms with Crippen molar-refractivity contribution in [3.05, 3.63) is 48.6 Å². The van der Waals surface area contributed by atoms with E-state index in [2.05, 4.69) is 85.0 Å². The monoisotopic (exact) mass is 508 g/mol. The minimum Gasteiger partial charge on any atom is -0.508 e.